The normalized spacial score (nSPS) is 11.7. The van der Waals surface area contributed by atoms with E-state index in [0.29, 0.717) is 0 Å². The quantitative estimate of drug-likeness (QED) is 0.704. The Hall–Kier alpha value is -1.22. The molecule has 0 aliphatic carbocycles. The van der Waals surface area contributed by atoms with Gasteiger partial charge in [0.05, 0.1) is 5.69 Å². The van der Waals surface area contributed by atoms with Gasteiger partial charge in [0.2, 0.25) is 0 Å². The van der Waals surface area contributed by atoms with Crippen LogP contribution in [0.2, 0.25) is 0 Å². The van der Waals surface area contributed by atoms with E-state index in [1.165, 1.54) is 16.7 Å². The summed E-state index contributed by atoms with van der Waals surface area (Å²) in [6.45, 7) is 10.6. The molecule has 0 amide bonds. The Kier molecular flexibility index (Phi) is 3.77. The molecule has 0 bridgehead atoms. The highest BCUT2D eigenvalue weighted by Crippen LogP contribution is 2.27. The van der Waals surface area contributed by atoms with Crippen LogP contribution in [0, 0.1) is 13.8 Å². The fourth-order valence-electron chi connectivity index (χ4n) is 1.99. The van der Waals surface area contributed by atoms with E-state index in [4.69, 9.17) is 4.98 Å². The standard InChI is InChI=1S/C16H19BrN2/c1-10-6-7-12(11(2)8-10)13-9-14(17)19-15(18-13)16(3,4)5/h6-9H,1-5H3. The van der Waals surface area contributed by atoms with Crippen LogP contribution in [0.4, 0.5) is 0 Å². The van der Waals surface area contributed by atoms with Crippen molar-refractivity contribution in [3.05, 3.63) is 45.8 Å². The maximum Gasteiger partial charge on any atom is 0.135 e. The number of hydrogen-bond acceptors (Lipinski definition) is 2. The molecule has 1 aromatic heterocycles. The summed E-state index contributed by atoms with van der Waals surface area (Å²) >= 11 is 3.49. The van der Waals surface area contributed by atoms with Crippen molar-refractivity contribution < 1.29 is 0 Å². The summed E-state index contributed by atoms with van der Waals surface area (Å²) in [5, 5.41) is 0. The van der Waals surface area contributed by atoms with Gasteiger partial charge in [-0.05, 0) is 41.4 Å². The molecule has 0 saturated carbocycles. The molecule has 2 aromatic rings. The van der Waals surface area contributed by atoms with Crippen LogP contribution >= 0.6 is 15.9 Å². The van der Waals surface area contributed by atoms with Crippen molar-refractivity contribution in [2.75, 3.05) is 0 Å². The lowest BCUT2D eigenvalue weighted by Gasteiger charge is -2.18. The van der Waals surface area contributed by atoms with Gasteiger partial charge in [-0.15, -0.1) is 0 Å². The van der Waals surface area contributed by atoms with Gasteiger partial charge >= 0.3 is 0 Å². The second-order valence-electron chi connectivity index (χ2n) is 5.97. The number of aromatic nitrogens is 2. The van der Waals surface area contributed by atoms with E-state index < -0.39 is 0 Å². The average molecular weight is 319 g/mol. The Morgan fingerprint density at radius 2 is 1.68 bits per heavy atom. The summed E-state index contributed by atoms with van der Waals surface area (Å²) in [7, 11) is 0. The van der Waals surface area contributed by atoms with Gasteiger partial charge in [0.25, 0.3) is 0 Å². The zero-order valence-corrected chi connectivity index (χ0v) is 13.7. The third-order valence-electron chi connectivity index (χ3n) is 3.02. The first-order valence-electron chi connectivity index (χ1n) is 6.40. The summed E-state index contributed by atoms with van der Waals surface area (Å²) in [5.74, 6) is 0.858. The minimum Gasteiger partial charge on any atom is -0.232 e. The monoisotopic (exact) mass is 318 g/mol. The van der Waals surface area contributed by atoms with Crippen molar-refractivity contribution in [1.82, 2.24) is 9.97 Å². The van der Waals surface area contributed by atoms with Crippen LogP contribution in [0.25, 0.3) is 11.3 Å². The van der Waals surface area contributed by atoms with Gasteiger partial charge in [0, 0.05) is 11.0 Å². The first kappa shape index (κ1) is 14.2. The molecule has 100 valence electrons. The van der Waals surface area contributed by atoms with Crippen LogP contribution in [0.15, 0.2) is 28.9 Å². The second kappa shape index (κ2) is 5.04. The Morgan fingerprint density at radius 1 is 1.00 bits per heavy atom. The van der Waals surface area contributed by atoms with Crippen LogP contribution < -0.4 is 0 Å². The molecule has 0 aliphatic rings. The largest absolute Gasteiger partial charge is 0.232 e. The van der Waals surface area contributed by atoms with E-state index in [2.05, 4.69) is 73.7 Å². The molecule has 0 N–H and O–H groups in total. The van der Waals surface area contributed by atoms with Gasteiger partial charge in [-0.1, -0.05) is 44.5 Å². The van der Waals surface area contributed by atoms with Crippen molar-refractivity contribution in [2.45, 2.75) is 40.0 Å². The Balaban J connectivity index is 2.59. The Morgan fingerprint density at radius 3 is 2.26 bits per heavy atom. The van der Waals surface area contributed by atoms with Gasteiger partial charge < -0.3 is 0 Å². The van der Waals surface area contributed by atoms with E-state index in [1.807, 2.05) is 6.07 Å². The summed E-state index contributed by atoms with van der Waals surface area (Å²) in [6.07, 6.45) is 0. The molecule has 19 heavy (non-hydrogen) atoms. The minimum atomic E-state index is -0.0584. The molecule has 1 heterocycles. The van der Waals surface area contributed by atoms with Gasteiger partial charge in [0.1, 0.15) is 10.4 Å². The molecular weight excluding hydrogens is 300 g/mol. The maximum absolute atomic E-state index is 4.72. The summed E-state index contributed by atoms with van der Waals surface area (Å²) in [6, 6.07) is 8.41. The van der Waals surface area contributed by atoms with E-state index in [-0.39, 0.29) is 5.41 Å². The molecule has 0 spiro atoms. The molecule has 2 nitrogen and oxygen atoms in total. The minimum absolute atomic E-state index is 0.0584. The highest BCUT2D eigenvalue weighted by molar-refractivity contribution is 9.10. The molecule has 0 fully saturated rings. The van der Waals surface area contributed by atoms with Crippen LogP contribution in [-0.4, -0.2) is 9.97 Å². The summed E-state index contributed by atoms with van der Waals surface area (Å²) in [4.78, 5) is 9.21. The molecule has 0 saturated heterocycles. The van der Waals surface area contributed by atoms with Gasteiger partial charge in [-0.3, -0.25) is 0 Å². The average Bonchev–Trinajstić information content (AvgIpc) is 2.26. The first-order chi connectivity index (χ1) is 8.77. The number of aryl methyl sites for hydroxylation is 2. The lowest BCUT2D eigenvalue weighted by atomic mass is 9.95. The lowest BCUT2D eigenvalue weighted by molar-refractivity contribution is 0.544. The first-order valence-corrected chi connectivity index (χ1v) is 7.19. The van der Waals surface area contributed by atoms with Crippen LogP contribution in [0.3, 0.4) is 0 Å². The highest BCUT2D eigenvalue weighted by Gasteiger charge is 2.19. The number of hydrogen-bond donors (Lipinski definition) is 0. The number of halogens is 1. The van der Waals surface area contributed by atoms with Crippen LogP contribution in [-0.2, 0) is 5.41 Å². The topological polar surface area (TPSA) is 25.8 Å². The number of rotatable bonds is 1. The molecule has 0 unspecified atom stereocenters. The van der Waals surface area contributed by atoms with Crippen molar-refractivity contribution >= 4 is 15.9 Å². The summed E-state index contributed by atoms with van der Waals surface area (Å²) < 4.78 is 0.836. The highest BCUT2D eigenvalue weighted by atomic mass is 79.9. The molecule has 1 aromatic carbocycles. The Bertz CT molecular complexity index is 613. The van der Waals surface area contributed by atoms with Gasteiger partial charge in [-0.2, -0.15) is 0 Å². The molecule has 3 heteroatoms. The van der Waals surface area contributed by atoms with E-state index in [1.54, 1.807) is 0 Å². The lowest BCUT2D eigenvalue weighted by Crippen LogP contribution is -2.16. The predicted octanol–water partition coefficient (Wildman–Crippen LogP) is 4.82. The second-order valence-corrected chi connectivity index (χ2v) is 6.78. The molecule has 0 radical (unpaired) electrons. The van der Waals surface area contributed by atoms with Crippen LogP contribution in [0.5, 0.6) is 0 Å². The molecule has 0 aliphatic heterocycles. The fraction of sp³-hybridized carbons (Fsp3) is 0.375. The van der Waals surface area contributed by atoms with Crippen molar-refractivity contribution in [3.8, 4) is 11.3 Å². The molecule has 2 rings (SSSR count). The zero-order chi connectivity index (χ0) is 14.2. The fourth-order valence-corrected chi connectivity index (χ4v) is 2.38. The van der Waals surface area contributed by atoms with Gasteiger partial charge in [0.15, 0.2) is 0 Å². The molecule has 0 atom stereocenters. The summed E-state index contributed by atoms with van der Waals surface area (Å²) in [5.41, 5.74) is 4.59. The van der Waals surface area contributed by atoms with Crippen molar-refractivity contribution in [3.63, 3.8) is 0 Å². The van der Waals surface area contributed by atoms with Gasteiger partial charge in [-0.25, -0.2) is 9.97 Å². The molecular formula is C16H19BrN2. The third kappa shape index (κ3) is 3.21. The van der Waals surface area contributed by atoms with E-state index in [9.17, 15) is 0 Å². The Labute approximate surface area is 123 Å². The van der Waals surface area contributed by atoms with E-state index in [0.717, 1.165) is 16.1 Å². The maximum atomic E-state index is 4.72. The smallest absolute Gasteiger partial charge is 0.135 e. The number of benzene rings is 1. The SMILES string of the molecule is Cc1ccc(-c2cc(Br)nc(C(C)(C)C)n2)c(C)c1. The van der Waals surface area contributed by atoms with Crippen LogP contribution in [0.1, 0.15) is 37.7 Å². The van der Waals surface area contributed by atoms with E-state index >= 15 is 0 Å². The third-order valence-corrected chi connectivity index (χ3v) is 3.43. The number of nitrogens with zero attached hydrogens (tertiary/aromatic N) is 2. The van der Waals surface area contributed by atoms with Crippen molar-refractivity contribution in [1.29, 1.82) is 0 Å². The zero-order valence-electron chi connectivity index (χ0n) is 12.1. The van der Waals surface area contributed by atoms with Crippen molar-refractivity contribution in [2.24, 2.45) is 0 Å². The predicted molar refractivity (Wildman–Crippen MR) is 83.3 cm³/mol.